The summed E-state index contributed by atoms with van der Waals surface area (Å²) < 4.78 is 22.9. The van der Waals surface area contributed by atoms with Gasteiger partial charge in [0.2, 0.25) is 0 Å². The van der Waals surface area contributed by atoms with Gasteiger partial charge in [0.1, 0.15) is 0 Å². The smallest absolute Gasteiger partial charge is 0.216 e. The monoisotopic (exact) mass is 226 g/mol. The predicted molar refractivity (Wildman–Crippen MR) is 40.8 cm³/mol. The van der Waals surface area contributed by atoms with E-state index in [0.717, 1.165) is 0 Å². The number of alkyl halides is 3. The Kier molecular flexibility index (Phi) is 3.72. The second-order valence-electron chi connectivity index (χ2n) is 1.38. The van der Waals surface area contributed by atoms with Gasteiger partial charge in [0.05, 0.1) is 5.75 Å². The van der Waals surface area contributed by atoms with Gasteiger partial charge in [0.25, 0.3) is 10.1 Å². The maximum atomic E-state index is 10.5. The second kappa shape index (κ2) is 3.45. The summed E-state index contributed by atoms with van der Waals surface area (Å²) in [5.41, 5.74) is 0. The van der Waals surface area contributed by atoms with Gasteiger partial charge in [-0.05, 0) is 6.92 Å². The van der Waals surface area contributed by atoms with Crippen molar-refractivity contribution in [2.45, 2.75) is 10.9 Å². The second-order valence-corrected chi connectivity index (χ2v) is 5.41. The first kappa shape index (κ1) is 10.8. The summed E-state index contributed by atoms with van der Waals surface area (Å²) in [6, 6.07) is 0. The van der Waals surface area contributed by atoms with Crippen LogP contribution in [0.5, 0.6) is 0 Å². The molecule has 10 heavy (non-hydrogen) atoms. The van der Waals surface area contributed by atoms with Crippen molar-refractivity contribution >= 4 is 44.9 Å². The maximum Gasteiger partial charge on any atom is 0.312 e. The van der Waals surface area contributed by atoms with Crippen molar-refractivity contribution in [3.63, 3.8) is 0 Å². The van der Waals surface area contributed by atoms with Gasteiger partial charge < -0.3 is 0 Å². The molecule has 0 saturated carbocycles. The van der Waals surface area contributed by atoms with E-state index < -0.39 is 14.1 Å². The van der Waals surface area contributed by atoms with Crippen LogP contribution in [-0.4, -0.2) is 18.1 Å². The molecule has 0 amide bonds. The topological polar surface area (TPSA) is 43.4 Å². The predicted octanol–water partition coefficient (Wildman–Crippen LogP) is 1.68. The number of hydrogen-bond donors (Lipinski definition) is 0. The minimum atomic E-state index is -3.67. The molecule has 0 aliphatic rings. The van der Waals surface area contributed by atoms with E-state index >= 15 is 0 Å². The van der Waals surface area contributed by atoms with Crippen molar-refractivity contribution in [3.05, 3.63) is 0 Å². The van der Waals surface area contributed by atoms with Gasteiger partial charge in [-0.1, -0.05) is 34.8 Å². The van der Waals surface area contributed by atoms with Gasteiger partial charge in [-0.3, -0.25) is 0 Å². The molecule has 0 radical (unpaired) electrons. The van der Waals surface area contributed by atoms with Crippen LogP contribution in [-0.2, 0) is 14.3 Å². The quantitative estimate of drug-likeness (QED) is 0.532. The molecule has 0 spiro atoms. The third kappa shape index (κ3) is 5.56. The first-order chi connectivity index (χ1) is 4.27. The Balaban J connectivity index is 4.18. The highest BCUT2D eigenvalue weighted by Gasteiger charge is 2.27. The molecule has 0 heterocycles. The molecule has 3 nitrogen and oxygen atoms in total. The van der Waals surface area contributed by atoms with Crippen LogP contribution in [0.3, 0.4) is 0 Å². The molecule has 0 aromatic heterocycles. The lowest BCUT2D eigenvalue weighted by Crippen LogP contribution is -2.17. The van der Waals surface area contributed by atoms with E-state index in [2.05, 4.69) is 4.18 Å². The Bertz CT molecular complexity index is 192. The highest BCUT2D eigenvalue weighted by atomic mass is 35.6. The molecule has 0 atom stereocenters. The molecule has 0 aliphatic carbocycles. The fourth-order valence-electron chi connectivity index (χ4n) is 0.203. The summed E-state index contributed by atoms with van der Waals surface area (Å²) in [5, 5.41) is 0. The molecule has 62 valence electrons. The summed E-state index contributed by atoms with van der Waals surface area (Å²) in [6.45, 7) is 1.38. The van der Waals surface area contributed by atoms with Crippen LogP contribution in [0.2, 0.25) is 0 Å². The first-order valence-corrected chi connectivity index (χ1v) is 4.98. The standard InChI is InChI=1S/C3H5Cl3O3S/c1-2-10(7,8)9-3(4,5)6/h2H2,1H3. The van der Waals surface area contributed by atoms with Crippen molar-refractivity contribution in [3.8, 4) is 0 Å². The first-order valence-electron chi connectivity index (χ1n) is 2.27. The highest BCUT2D eigenvalue weighted by molar-refractivity contribution is 7.86. The molecule has 0 N–H and O–H groups in total. The molecule has 0 rings (SSSR count). The lowest BCUT2D eigenvalue weighted by Gasteiger charge is -2.09. The summed E-state index contributed by atoms with van der Waals surface area (Å²) in [5.74, 6) is -0.221. The van der Waals surface area contributed by atoms with Crippen molar-refractivity contribution in [1.29, 1.82) is 0 Å². The minimum absolute atomic E-state index is 0.221. The molecule has 0 bridgehead atoms. The molecule has 0 fully saturated rings. The van der Waals surface area contributed by atoms with Crippen LogP contribution in [0.15, 0.2) is 0 Å². The summed E-state index contributed by atoms with van der Waals surface area (Å²) in [4.78, 5) is 0. The zero-order valence-electron chi connectivity index (χ0n) is 4.97. The molecule has 0 aromatic carbocycles. The lowest BCUT2D eigenvalue weighted by atomic mass is 11.0. The Labute approximate surface area is 74.3 Å². The molecule has 0 unspecified atom stereocenters. The molecular weight excluding hydrogens is 222 g/mol. The minimum Gasteiger partial charge on any atom is -0.216 e. The molecule has 0 aliphatic heterocycles. The van der Waals surface area contributed by atoms with Crippen LogP contribution in [0.25, 0.3) is 0 Å². The van der Waals surface area contributed by atoms with E-state index in [1.54, 1.807) is 0 Å². The Morgan fingerprint density at radius 2 is 1.80 bits per heavy atom. The normalized spacial score (nSPS) is 13.6. The Morgan fingerprint density at radius 1 is 1.40 bits per heavy atom. The van der Waals surface area contributed by atoms with Crippen LogP contribution >= 0.6 is 34.8 Å². The van der Waals surface area contributed by atoms with E-state index in [-0.39, 0.29) is 5.75 Å². The van der Waals surface area contributed by atoms with Crippen molar-refractivity contribution in [1.82, 2.24) is 0 Å². The Hall–Kier alpha value is 0.780. The zero-order chi connectivity index (χ0) is 8.41. The number of halogens is 3. The van der Waals surface area contributed by atoms with Gasteiger partial charge in [0, 0.05) is 0 Å². The average molecular weight is 227 g/mol. The van der Waals surface area contributed by atoms with E-state index in [4.69, 9.17) is 34.8 Å². The van der Waals surface area contributed by atoms with E-state index in [9.17, 15) is 8.42 Å². The largest absolute Gasteiger partial charge is 0.312 e. The van der Waals surface area contributed by atoms with Gasteiger partial charge in [0.15, 0.2) is 0 Å². The van der Waals surface area contributed by atoms with Crippen molar-refractivity contribution < 1.29 is 12.6 Å². The fourth-order valence-corrected chi connectivity index (χ4v) is 1.47. The van der Waals surface area contributed by atoms with Crippen molar-refractivity contribution in [2.75, 3.05) is 5.75 Å². The third-order valence-corrected chi connectivity index (χ3v) is 2.29. The summed E-state index contributed by atoms with van der Waals surface area (Å²) >= 11 is 15.1. The van der Waals surface area contributed by atoms with E-state index in [1.165, 1.54) is 6.92 Å². The SMILES string of the molecule is CCS(=O)(=O)OC(Cl)(Cl)Cl. The van der Waals surface area contributed by atoms with Crippen LogP contribution in [0, 0.1) is 0 Å². The maximum absolute atomic E-state index is 10.5. The van der Waals surface area contributed by atoms with Crippen LogP contribution < -0.4 is 0 Å². The molecule has 0 aromatic rings. The Morgan fingerprint density at radius 3 is 1.90 bits per heavy atom. The number of hydrogen-bond acceptors (Lipinski definition) is 3. The van der Waals surface area contributed by atoms with Crippen LogP contribution in [0.4, 0.5) is 0 Å². The average Bonchev–Trinajstić information content (AvgIpc) is 1.60. The summed E-state index contributed by atoms with van der Waals surface area (Å²) in [7, 11) is -3.67. The van der Waals surface area contributed by atoms with Crippen LogP contribution in [0.1, 0.15) is 6.92 Å². The van der Waals surface area contributed by atoms with Gasteiger partial charge in [-0.2, -0.15) is 8.42 Å². The van der Waals surface area contributed by atoms with Crippen molar-refractivity contribution in [2.24, 2.45) is 0 Å². The third-order valence-electron chi connectivity index (χ3n) is 0.575. The van der Waals surface area contributed by atoms with Gasteiger partial charge in [-0.15, -0.1) is 0 Å². The van der Waals surface area contributed by atoms with Gasteiger partial charge >= 0.3 is 3.98 Å². The lowest BCUT2D eigenvalue weighted by molar-refractivity contribution is 0.321. The molecule has 7 heteroatoms. The number of rotatable bonds is 2. The summed E-state index contributed by atoms with van der Waals surface area (Å²) in [6.07, 6.45) is 0. The van der Waals surface area contributed by atoms with E-state index in [0.29, 0.717) is 0 Å². The van der Waals surface area contributed by atoms with Gasteiger partial charge in [-0.25, -0.2) is 4.18 Å². The molecular formula is C3H5Cl3O3S. The van der Waals surface area contributed by atoms with E-state index in [1.807, 2.05) is 0 Å². The zero-order valence-corrected chi connectivity index (χ0v) is 8.06. The molecule has 0 saturated heterocycles. The fraction of sp³-hybridized carbons (Fsp3) is 1.00. The highest BCUT2D eigenvalue weighted by Crippen LogP contribution is 2.29.